The summed E-state index contributed by atoms with van der Waals surface area (Å²) in [6, 6.07) is 68.4. The fourth-order valence-electron chi connectivity index (χ4n) is 7.69. The van der Waals surface area contributed by atoms with E-state index in [9.17, 15) is 0 Å². The minimum atomic E-state index is 0.872. The summed E-state index contributed by atoms with van der Waals surface area (Å²) >= 11 is 0. The Morgan fingerprint density at radius 2 is 0.981 bits per heavy atom. The van der Waals surface area contributed by atoms with Gasteiger partial charge in [-0.05, 0) is 71.4 Å². The molecule has 2 heterocycles. The molecular formula is C48H32N4. The standard InChI is InChI=1S/C48H32N4/c1-4-19-34(20-5-1)51(35-21-6-2-7-22-35)44-32-33-18-10-11-25-37(33)45-40-28-14-15-29-41(40)49-47(46(44)45)38-26-12-13-27-39(38)48-50-42-30-16-17-31-43(42)52(48)36-23-8-3-9-24-36/h1-32H. The molecule has 0 aliphatic carbocycles. The van der Waals surface area contributed by atoms with E-state index >= 15 is 0 Å². The van der Waals surface area contributed by atoms with Gasteiger partial charge in [0.2, 0.25) is 0 Å². The first-order chi connectivity index (χ1) is 25.8. The lowest BCUT2D eigenvalue weighted by Gasteiger charge is -2.29. The zero-order valence-electron chi connectivity index (χ0n) is 28.3. The summed E-state index contributed by atoms with van der Waals surface area (Å²) in [5.74, 6) is 0.872. The number of hydrogen-bond acceptors (Lipinski definition) is 3. The van der Waals surface area contributed by atoms with E-state index in [1.807, 2.05) is 0 Å². The molecule has 8 aromatic carbocycles. The van der Waals surface area contributed by atoms with Crippen LogP contribution in [-0.4, -0.2) is 14.5 Å². The molecule has 244 valence electrons. The van der Waals surface area contributed by atoms with E-state index in [4.69, 9.17) is 9.97 Å². The number of nitrogens with zero attached hydrogens (tertiary/aromatic N) is 4. The largest absolute Gasteiger partial charge is 0.310 e. The van der Waals surface area contributed by atoms with Gasteiger partial charge in [-0.25, -0.2) is 9.97 Å². The zero-order valence-corrected chi connectivity index (χ0v) is 28.3. The highest BCUT2D eigenvalue weighted by molar-refractivity contribution is 6.27. The monoisotopic (exact) mass is 664 g/mol. The third-order valence-electron chi connectivity index (χ3n) is 9.94. The van der Waals surface area contributed by atoms with Crippen molar-refractivity contribution in [2.24, 2.45) is 0 Å². The van der Waals surface area contributed by atoms with Crippen molar-refractivity contribution in [3.8, 4) is 28.3 Å². The molecule has 52 heavy (non-hydrogen) atoms. The minimum absolute atomic E-state index is 0.872. The van der Waals surface area contributed by atoms with Crippen molar-refractivity contribution in [2.75, 3.05) is 4.90 Å². The van der Waals surface area contributed by atoms with Crippen molar-refractivity contribution >= 4 is 60.5 Å². The minimum Gasteiger partial charge on any atom is -0.310 e. The fourth-order valence-corrected chi connectivity index (χ4v) is 7.69. The van der Waals surface area contributed by atoms with Crippen LogP contribution in [0.4, 0.5) is 17.1 Å². The lowest BCUT2D eigenvalue weighted by molar-refractivity contribution is 1.10. The summed E-state index contributed by atoms with van der Waals surface area (Å²) in [6.07, 6.45) is 0. The second-order valence-electron chi connectivity index (χ2n) is 13.0. The molecule has 0 saturated carbocycles. The first-order valence-electron chi connectivity index (χ1n) is 17.6. The number of aromatic nitrogens is 3. The van der Waals surface area contributed by atoms with Crippen molar-refractivity contribution in [1.82, 2.24) is 14.5 Å². The maximum atomic E-state index is 5.59. The van der Waals surface area contributed by atoms with Crippen molar-refractivity contribution in [2.45, 2.75) is 0 Å². The third-order valence-corrected chi connectivity index (χ3v) is 9.94. The van der Waals surface area contributed by atoms with Crippen LogP contribution in [0.25, 0.3) is 71.8 Å². The molecule has 0 saturated heterocycles. The van der Waals surface area contributed by atoms with Gasteiger partial charge >= 0.3 is 0 Å². The fraction of sp³-hybridized carbons (Fsp3) is 0. The second kappa shape index (κ2) is 12.4. The number of hydrogen-bond donors (Lipinski definition) is 0. The van der Waals surface area contributed by atoms with Gasteiger partial charge in [-0.15, -0.1) is 0 Å². The van der Waals surface area contributed by atoms with E-state index in [0.717, 1.165) is 72.7 Å². The number of para-hydroxylation sites is 6. The summed E-state index contributed by atoms with van der Waals surface area (Å²) < 4.78 is 2.27. The van der Waals surface area contributed by atoms with E-state index in [1.165, 1.54) is 16.2 Å². The first kappa shape index (κ1) is 29.8. The van der Waals surface area contributed by atoms with Crippen LogP contribution in [0.15, 0.2) is 194 Å². The molecular weight excluding hydrogens is 633 g/mol. The van der Waals surface area contributed by atoms with Gasteiger partial charge in [-0.1, -0.05) is 133 Å². The second-order valence-corrected chi connectivity index (χ2v) is 13.0. The molecule has 0 unspecified atom stereocenters. The van der Waals surface area contributed by atoms with E-state index in [0.29, 0.717) is 0 Å². The van der Waals surface area contributed by atoms with E-state index in [1.54, 1.807) is 0 Å². The maximum Gasteiger partial charge on any atom is 0.146 e. The average molecular weight is 665 g/mol. The number of imidazole rings is 1. The van der Waals surface area contributed by atoms with Crippen LogP contribution in [0.1, 0.15) is 0 Å². The molecule has 0 spiro atoms. The predicted molar refractivity (Wildman–Crippen MR) is 217 cm³/mol. The number of fused-ring (bicyclic) bond motifs is 6. The molecule has 0 bridgehead atoms. The van der Waals surface area contributed by atoms with E-state index in [-0.39, 0.29) is 0 Å². The Kier molecular flexibility index (Phi) is 7.10. The lowest BCUT2D eigenvalue weighted by Crippen LogP contribution is -2.11. The van der Waals surface area contributed by atoms with Crippen LogP contribution in [0.5, 0.6) is 0 Å². The zero-order chi connectivity index (χ0) is 34.4. The molecule has 0 N–H and O–H groups in total. The first-order valence-corrected chi connectivity index (χ1v) is 17.6. The molecule has 4 nitrogen and oxygen atoms in total. The number of anilines is 3. The Balaban J connectivity index is 1.37. The average Bonchev–Trinajstić information content (AvgIpc) is 3.61. The normalized spacial score (nSPS) is 11.5. The molecule has 0 atom stereocenters. The van der Waals surface area contributed by atoms with Crippen LogP contribution in [0.2, 0.25) is 0 Å². The van der Waals surface area contributed by atoms with Crippen LogP contribution in [0.3, 0.4) is 0 Å². The Hall–Kier alpha value is -7.04. The van der Waals surface area contributed by atoms with Crippen LogP contribution >= 0.6 is 0 Å². The molecule has 0 amide bonds. The van der Waals surface area contributed by atoms with Gasteiger partial charge in [0, 0.05) is 44.3 Å². The Labute approximate surface area is 301 Å². The van der Waals surface area contributed by atoms with Gasteiger partial charge in [0.25, 0.3) is 0 Å². The van der Waals surface area contributed by atoms with Crippen LogP contribution < -0.4 is 4.90 Å². The molecule has 0 radical (unpaired) electrons. The number of rotatable bonds is 6. The summed E-state index contributed by atoms with van der Waals surface area (Å²) in [5, 5.41) is 5.74. The lowest BCUT2D eigenvalue weighted by atomic mass is 9.91. The van der Waals surface area contributed by atoms with Gasteiger partial charge in [-0.3, -0.25) is 4.57 Å². The molecule has 10 rings (SSSR count). The highest BCUT2D eigenvalue weighted by atomic mass is 15.1. The van der Waals surface area contributed by atoms with E-state index < -0.39 is 0 Å². The molecule has 0 fully saturated rings. The number of benzene rings is 8. The van der Waals surface area contributed by atoms with Crippen molar-refractivity contribution in [1.29, 1.82) is 0 Å². The maximum absolute atomic E-state index is 5.59. The van der Waals surface area contributed by atoms with Gasteiger partial charge in [0.15, 0.2) is 0 Å². The molecule has 0 aliphatic heterocycles. The predicted octanol–water partition coefficient (Wildman–Crippen LogP) is 12.7. The quantitative estimate of drug-likeness (QED) is 0.166. The van der Waals surface area contributed by atoms with Crippen molar-refractivity contribution in [3.63, 3.8) is 0 Å². The summed E-state index contributed by atoms with van der Waals surface area (Å²) in [7, 11) is 0. The van der Waals surface area contributed by atoms with Gasteiger partial charge in [-0.2, -0.15) is 0 Å². The third kappa shape index (κ3) is 4.84. The van der Waals surface area contributed by atoms with Crippen LogP contribution in [0, 0.1) is 0 Å². The molecule has 0 aliphatic rings. The molecule has 2 aromatic heterocycles. The summed E-state index contributed by atoms with van der Waals surface area (Å²) in [5.41, 5.74) is 10.2. The highest BCUT2D eigenvalue weighted by Gasteiger charge is 2.25. The highest BCUT2D eigenvalue weighted by Crippen LogP contribution is 2.48. The smallest absolute Gasteiger partial charge is 0.146 e. The van der Waals surface area contributed by atoms with Gasteiger partial charge < -0.3 is 4.90 Å². The Morgan fingerprint density at radius 1 is 0.423 bits per heavy atom. The summed E-state index contributed by atoms with van der Waals surface area (Å²) in [6.45, 7) is 0. The SMILES string of the molecule is c1ccc(N(c2ccccc2)c2cc3ccccc3c3c2c(-c2ccccc2-c2nc4ccccc4n2-c2ccccc2)nc2ccccc23)cc1. The van der Waals surface area contributed by atoms with Crippen molar-refractivity contribution < 1.29 is 0 Å². The Bertz CT molecular complexity index is 2840. The van der Waals surface area contributed by atoms with Crippen molar-refractivity contribution in [3.05, 3.63) is 194 Å². The van der Waals surface area contributed by atoms with Gasteiger partial charge in [0.05, 0.1) is 27.9 Å². The number of pyridine rings is 1. The molecule has 4 heteroatoms. The van der Waals surface area contributed by atoms with Gasteiger partial charge in [0.1, 0.15) is 5.82 Å². The molecule has 10 aromatic rings. The summed E-state index contributed by atoms with van der Waals surface area (Å²) in [4.78, 5) is 13.3. The topological polar surface area (TPSA) is 34.0 Å². The Morgan fingerprint density at radius 3 is 1.71 bits per heavy atom. The van der Waals surface area contributed by atoms with Crippen LogP contribution in [-0.2, 0) is 0 Å². The van der Waals surface area contributed by atoms with E-state index in [2.05, 4.69) is 204 Å².